The number of amides is 1. The van der Waals surface area contributed by atoms with Gasteiger partial charge in [-0.3, -0.25) is 4.79 Å². The molecule has 0 aromatic heterocycles. The van der Waals surface area contributed by atoms with Crippen LogP contribution in [0.3, 0.4) is 0 Å². The summed E-state index contributed by atoms with van der Waals surface area (Å²) in [5.41, 5.74) is 4.51. The highest BCUT2D eigenvalue weighted by Gasteiger charge is 2.29. The minimum absolute atomic E-state index is 0.0634. The third kappa shape index (κ3) is 2.84. The van der Waals surface area contributed by atoms with Gasteiger partial charge in [0.05, 0.1) is 6.10 Å². The molecular formula is C13H16F2N2O2. The van der Waals surface area contributed by atoms with Crippen molar-refractivity contribution in [3.8, 4) is 0 Å². The van der Waals surface area contributed by atoms with Gasteiger partial charge < -0.3 is 15.7 Å². The smallest absolute Gasteiger partial charge is 0.253 e. The van der Waals surface area contributed by atoms with Gasteiger partial charge in [0, 0.05) is 19.2 Å². The summed E-state index contributed by atoms with van der Waals surface area (Å²) in [7, 11) is 1.57. The van der Waals surface area contributed by atoms with E-state index in [1.807, 2.05) is 0 Å². The van der Waals surface area contributed by atoms with E-state index in [9.17, 15) is 18.7 Å². The molecule has 4 nitrogen and oxygen atoms in total. The Kier molecular flexibility index (Phi) is 3.71. The Balaban J connectivity index is 2.06. The molecule has 1 amide bonds. The number of rotatable bonds is 3. The number of anilines is 1. The van der Waals surface area contributed by atoms with Crippen molar-refractivity contribution in [2.45, 2.75) is 18.9 Å². The highest BCUT2D eigenvalue weighted by atomic mass is 19.1. The number of hydrogen-bond donors (Lipinski definition) is 2. The molecule has 3 N–H and O–H groups in total. The van der Waals surface area contributed by atoms with Crippen molar-refractivity contribution in [3.05, 3.63) is 29.3 Å². The van der Waals surface area contributed by atoms with Gasteiger partial charge in [-0.25, -0.2) is 8.78 Å². The summed E-state index contributed by atoms with van der Waals surface area (Å²) in [6.45, 7) is 0.462. The lowest BCUT2D eigenvalue weighted by Crippen LogP contribution is -2.39. The van der Waals surface area contributed by atoms with Crippen LogP contribution in [0.15, 0.2) is 12.1 Å². The summed E-state index contributed by atoms with van der Waals surface area (Å²) in [5, 5.41) is 9.17. The van der Waals surface area contributed by atoms with Gasteiger partial charge >= 0.3 is 0 Å². The summed E-state index contributed by atoms with van der Waals surface area (Å²) in [5.74, 6) is -2.08. The molecule has 1 saturated carbocycles. The van der Waals surface area contributed by atoms with Crippen molar-refractivity contribution in [2.24, 2.45) is 5.92 Å². The van der Waals surface area contributed by atoms with E-state index < -0.39 is 23.2 Å². The van der Waals surface area contributed by atoms with Gasteiger partial charge in [0.2, 0.25) is 0 Å². The van der Waals surface area contributed by atoms with Gasteiger partial charge in [0.15, 0.2) is 0 Å². The molecule has 1 fully saturated rings. The monoisotopic (exact) mass is 270 g/mol. The summed E-state index contributed by atoms with van der Waals surface area (Å²) < 4.78 is 26.6. The predicted octanol–water partition coefficient (Wildman–Crippen LogP) is 1.39. The Labute approximate surface area is 109 Å². The second-order valence-corrected chi connectivity index (χ2v) is 5.03. The van der Waals surface area contributed by atoms with Crippen LogP contribution in [-0.4, -0.2) is 35.6 Å². The molecular weight excluding hydrogens is 254 g/mol. The SMILES string of the molecule is CN(CC1CC(O)C1)C(=O)c1cc(F)c(N)c(F)c1. The van der Waals surface area contributed by atoms with E-state index in [-0.39, 0.29) is 17.6 Å². The summed E-state index contributed by atoms with van der Waals surface area (Å²) in [6, 6.07) is 1.87. The zero-order chi connectivity index (χ0) is 14.2. The van der Waals surface area contributed by atoms with Crippen LogP contribution in [0, 0.1) is 17.6 Å². The second kappa shape index (κ2) is 5.13. The van der Waals surface area contributed by atoms with Crippen molar-refractivity contribution < 1.29 is 18.7 Å². The number of benzene rings is 1. The fraction of sp³-hybridized carbons (Fsp3) is 0.462. The highest BCUT2D eigenvalue weighted by Crippen LogP contribution is 2.28. The number of nitrogens with two attached hydrogens (primary N) is 1. The molecule has 0 unspecified atom stereocenters. The molecule has 19 heavy (non-hydrogen) atoms. The number of halogens is 2. The van der Waals surface area contributed by atoms with Crippen LogP contribution in [-0.2, 0) is 0 Å². The molecule has 0 spiro atoms. The maximum absolute atomic E-state index is 13.3. The quantitative estimate of drug-likeness (QED) is 0.816. The van der Waals surface area contributed by atoms with Gasteiger partial charge in [-0.15, -0.1) is 0 Å². The standard InChI is InChI=1S/C13H16F2N2O2/c1-17(6-7-2-9(18)3-7)13(19)8-4-10(14)12(16)11(15)5-8/h4-5,7,9,18H,2-3,6,16H2,1H3. The first-order valence-corrected chi connectivity index (χ1v) is 6.06. The van der Waals surface area contributed by atoms with E-state index in [4.69, 9.17) is 5.73 Å². The molecule has 0 heterocycles. The van der Waals surface area contributed by atoms with E-state index in [1.54, 1.807) is 7.05 Å². The number of aliphatic hydroxyl groups excluding tert-OH is 1. The summed E-state index contributed by atoms with van der Waals surface area (Å²) in [4.78, 5) is 13.4. The molecule has 1 aliphatic rings. The maximum atomic E-state index is 13.3. The van der Waals surface area contributed by atoms with Crippen molar-refractivity contribution in [2.75, 3.05) is 19.3 Å². The Morgan fingerprint density at radius 3 is 2.42 bits per heavy atom. The minimum Gasteiger partial charge on any atom is -0.394 e. The van der Waals surface area contributed by atoms with Crippen LogP contribution >= 0.6 is 0 Å². The average Bonchev–Trinajstić information content (AvgIpc) is 2.32. The molecule has 6 heteroatoms. The van der Waals surface area contributed by atoms with Gasteiger partial charge in [-0.2, -0.15) is 0 Å². The Hall–Kier alpha value is -1.69. The zero-order valence-corrected chi connectivity index (χ0v) is 10.6. The third-order valence-electron chi connectivity index (χ3n) is 3.42. The Bertz CT molecular complexity index is 478. The number of aliphatic hydroxyl groups is 1. The lowest BCUT2D eigenvalue weighted by Gasteiger charge is -2.34. The maximum Gasteiger partial charge on any atom is 0.253 e. The fourth-order valence-corrected chi connectivity index (χ4v) is 2.25. The first-order chi connectivity index (χ1) is 8.88. The normalized spacial score (nSPS) is 21.9. The fourth-order valence-electron chi connectivity index (χ4n) is 2.25. The van der Waals surface area contributed by atoms with Crippen LogP contribution in [0.5, 0.6) is 0 Å². The molecule has 0 aliphatic heterocycles. The van der Waals surface area contributed by atoms with Crippen molar-refractivity contribution >= 4 is 11.6 Å². The largest absolute Gasteiger partial charge is 0.394 e. The minimum atomic E-state index is -0.934. The first-order valence-electron chi connectivity index (χ1n) is 6.06. The van der Waals surface area contributed by atoms with Gasteiger partial charge in [0.1, 0.15) is 17.3 Å². The van der Waals surface area contributed by atoms with Crippen LogP contribution in [0.4, 0.5) is 14.5 Å². The Morgan fingerprint density at radius 1 is 1.42 bits per heavy atom. The molecule has 0 radical (unpaired) electrons. The van der Waals surface area contributed by atoms with Crippen molar-refractivity contribution in [1.82, 2.24) is 4.90 Å². The highest BCUT2D eigenvalue weighted by molar-refractivity contribution is 5.94. The van der Waals surface area contributed by atoms with Gasteiger partial charge in [0.25, 0.3) is 5.91 Å². The molecule has 0 saturated heterocycles. The van der Waals surface area contributed by atoms with Crippen LogP contribution in [0.2, 0.25) is 0 Å². The number of hydrogen-bond acceptors (Lipinski definition) is 3. The van der Waals surface area contributed by atoms with Gasteiger partial charge in [-0.05, 0) is 30.9 Å². The summed E-state index contributed by atoms with van der Waals surface area (Å²) in [6.07, 6.45) is 1.02. The van der Waals surface area contributed by atoms with E-state index in [0.717, 1.165) is 12.1 Å². The molecule has 104 valence electrons. The van der Waals surface area contributed by atoms with Crippen LogP contribution in [0.1, 0.15) is 23.2 Å². The topological polar surface area (TPSA) is 66.6 Å². The number of carbonyl (C=O) groups excluding carboxylic acids is 1. The Morgan fingerprint density at radius 2 is 1.95 bits per heavy atom. The predicted molar refractivity (Wildman–Crippen MR) is 66.5 cm³/mol. The third-order valence-corrected chi connectivity index (χ3v) is 3.42. The van der Waals surface area contributed by atoms with E-state index in [1.165, 1.54) is 4.90 Å². The van der Waals surface area contributed by atoms with Crippen molar-refractivity contribution in [1.29, 1.82) is 0 Å². The lowest BCUT2D eigenvalue weighted by atomic mass is 9.82. The van der Waals surface area contributed by atoms with Crippen LogP contribution in [0.25, 0.3) is 0 Å². The second-order valence-electron chi connectivity index (χ2n) is 5.03. The molecule has 0 atom stereocenters. The average molecular weight is 270 g/mol. The number of nitrogens with zero attached hydrogens (tertiary/aromatic N) is 1. The van der Waals surface area contributed by atoms with E-state index in [0.29, 0.717) is 19.4 Å². The van der Waals surface area contributed by atoms with E-state index >= 15 is 0 Å². The lowest BCUT2D eigenvalue weighted by molar-refractivity contribution is 0.0265. The zero-order valence-electron chi connectivity index (χ0n) is 10.6. The molecule has 2 rings (SSSR count). The molecule has 1 aromatic rings. The summed E-state index contributed by atoms with van der Waals surface area (Å²) >= 11 is 0. The number of nitrogen functional groups attached to an aromatic ring is 1. The van der Waals surface area contributed by atoms with Crippen molar-refractivity contribution in [3.63, 3.8) is 0 Å². The molecule has 1 aromatic carbocycles. The number of carbonyl (C=O) groups is 1. The molecule has 1 aliphatic carbocycles. The first kappa shape index (κ1) is 13.7. The van der Waals surface area contributed by atoms with Gasteiger partial charge in [-0.1, -0.05) is 0 Å². The van der Waals surface area contributed by atoms with Crippen LogP contribution < -0.4 is 5.73 Å². The van der Waals surface area contributed by atoms with E-state index in [2.05, 4.69) is 0 Å². The molecule has 0 bridgehead atoms.